The van der Waals surface area contributed by atoms with Crippen molar-refractivity contribution in [2.75, 3.05) is 29.4 Å². The van der Waals surface area contributed by atoms with Crippen LogP contribution in [0.5, 0.6) is 0 Å². The van der Waals surface area contributed by atoms with E-state index in [1.165, 1.54) is 9.80 Å². The summed E-state index contributed by atoms with van der Waals surface area (Å²) < 4.78 is 34.6. The number of ether oxygens (including phenoxy) is 1. The molecule has 4 aliphatic rings. The van der Waals surface area contributed by atoms with E-state index in [2.05, 4.69) is 5.32 Å². The first-order chi connectivity index (χ1) is 13.5. The van der Waals surface area contributed by atoms with Crippen molar-refractivity contribution in [3.05, 3.63) is 45.9 Å². The molecule has 2 saturated heterocycles. The van der Waals surface area contributed by atoms with Crippen molar-refractivity contribution in [3.8, 4) is 0 Å². The van der Waals surface area contributed by atoms with Crippen LogP contribution in [-0.4, -0.2) is 37.7 Å². The number of anilines is 2. The first kappa shape index (κ1) is 17.5. The number of amides is 2. The summed E-state index contributed by atoms with van der Waals surface area (Å²) in [5.74, 6) is -1.47. The Kier molecular flexibility index (Phi) is 4.08. The molecule has 146 valence electrons. The molecule has 3 heterocycles. The van der Waals surface area contributed by atoms with Gasteiger partial charge in [-0.05, 0) is 18.9 Å². The highest BCUT2D eigenvalue weighted by molar-refractivity contribution is 8.16. The lowest BCUT2D eigenvalue weighted by Gasteiger charge is -2.22. The number of hydrogen-bond acceptors (Lipinski definition) is 5. The zero-order valence-corrected chi connectivity index (χ0v) is 15.6. The second-order valence-electron chi connectivity index (χ2n) is 7.21. The smallest absolute Gasteiger partial charge is 0.414 e. The number of rotatable bonds is 5. The maximum Gasteiger partial charge on any atom is 0.414 e. The number of fused-ring (bicyclic) bond motifs is 1. The topological polar surface area (TPSA) is 61.9 Å². The van der Waals surface area contributed by atoms with Crippen LogP contribution in [0.25, 0.3) is 0 Å². The Bertz CT molecular complexity index is 921. The Morgan fingerprint density at radius 3 is 2.68 bits per heavy atom. The van der Waals surface area contributed by atoms with Gasteiger partial charge in [-0.2, -0.15) is 0 Å². The average Bonchev–Trinajstić information content (AvgIpc) is 3.56. The van der Waals surface area contributed by atoms with Gasteiger partial charge in [0.25, 0.3) is 0 Å². The normalized spacial score (nSPS) is 23.1. The van der Waals surface area contributed by atoms with E-state index in [0.29, 0.717) is 6.54 Å². The zero-order valence-electron chi connectivity index (χ0n) is 14.8. The molecule has 3 aliphatic heterocycles. The highest BCUT2D eigenvalue weighted by Gasteiger charge is 2.36. The molecule has 1 saturated carbocycles. The standard InChI is InChI=1S/C19H17F2N3O3S/c20-13-5-11(6-14(21)17(13)23-4-3-15-16(9-23)28-15)24-8-12(27-19(24)26)7-22-18(25)10-1-2-10/h3,5-6,9-10,12H,1-2,4,7-8H2,(H,22,25). The fraction of sp³-hybridized carbons (Fsp3) is 0.368. The number of carbonyl (C=O) groups is 2. The Balaban J connectivity index is 1.30. The Hall–Kier alpha value is -2.55. The molecule has 0 radical (unpaired) electrons. The van der Waals surface area contributed by atoms with Crippen LogP contribution in [0.4, 0.5) is 25.0 Å². The van der Waals surface area contributed by atoms with E-state index in [4.69, 9.17) is 4.74 Å². The average molecular weight is 405 g/mol. The van der Waals surface area contributed by atoms with E-state index in [-0.39, 0.29) is 36.3 Å². The van der Waals surface area contributed by atoms with Gasteiger partial charge >= 0.3 is 6.09 Å². The quantitative estimate of drug-likeness (QED) is 0.763. The molecule has 1 N–H and O–H groups in total. The molecular weight excluding hydrogens is 388 g/mol. The van der Waals surface area contributed by atoms with Gasteiger partial charge in [-0.15, -0.1) is 0 Å². The summed E-state index contributed by atoms with van der Waals surface area (Å²) in [6.07, 6.45) is 4.19. The van der Waals surface area contributed by atoms with Crippen LogP contribution in [0.3, 0.4) is 0 Å². The summed E-state index contributed by atoms with van der Waals surface area (Å²) in [7, 11) is 0. The summed E-state index contributed by atoms with van der Waals surface area (Å²) >= 11 is 1.58. The number of cyclic esters (lactones) is 1. The number of hydrogen-bond donors (Lipinski definition) is 1. The minimum absolute atomic E-state index is 0.0439. The van der Waals surface area contributed by atoms with Gasteiger partial charge in [-0.3, -0.25) is 9.69 Å². The van der Waals surface area contributed by atoms with Crippen molar-refractivity contribution in [1.82, 2.24) is 5.32 Å². The molecule has 2 amide bonds. The maximum atomic E-state index is 14.7. The largest absolute Gasteiger partial charge is 0.442 e. The molecule has 5 rings (SSSR count). The second kappa shape index (κ2) is 6.51. The van der Waals surface area contributed by atoms with Gasteiger partial charge in [-0.1, -0.05) is 11.8 Å². The van der Waals surface area contributed by atoms with Gasteiger partial charge in [0.1, 0.15) is 11.8 Å². The molecular formula is C19H17F2N3O3S. The molecule has 0 spiro atoms. The van der Waals surface area contributed by atoms with Gasteiger partial charge in [0, 0.05) is 40.6 Å². The minimum Gasteiger partial charge on any atom is -0.442 e. The molecule has 1 aromatic carbocycles. The predicted molar refractivity (Wildman–Crippen MR) is 101 cm³/mol. The minimum atomic E-state index is -0.743. The van der Waals surface area contributed by atoms with Crippen LogP contribution in [-0.2, 0) is 9.53 Å². The molecule has 0 bridgehead atoms. The van der Waals surface area contributed by atoms with Crippen molar-refractivity contribution < 1.29 is 23.1 Å². The highest BCUT2D eigenvalue weighted by Crippen LogP contribution is 2.53. The van der Waals surface area contributed by atoms with Gasteiger partial charge in [0.2, 0.25) is 5.91 Å². The van der Waals surface area contributed by atoms with Crippen LogP contribution >= 0.6 is 11.8 Å². The Labute approximate surface area is 164 Å². The Morgan fingerprint density at radius 2 is 2.00 bits per heavy atom. The second-order valence-corrected chi connectivity index (χ2v) is 8.29. The van der Waals surface area contributed by atoms with E-state index >= 15 is 0 Å². The van der Waals surface area contributed by atoms with Crippen LogP contribution in [0.15, 0.2) is 34.2 Å². The van der Waals surface area contributed by atoms with Crippen LogP contribution < -0.4 is 15.1 Å². The van der Waals surface area contributed by atoms with E-state index in [1.807, 2.05) is 6.08 Å². The molecule has 0 aromatic heterocycles. The number of nitrogens with one attached hydrogen (secondary N) is 1. The van der Waals surface area contributed by atoms with Crippen molar-refractivity contribution in [2.45, 2.75) is 18.9 Å². The number of thioether (sulfide) groups is 1. The number of carbonyl (C=O) groups excluding carboxylic acids is 2. The van der Waals surface area contributed by atoms with Gasteiger partial charge in [0.05, 0.1) is 18.8 Å². The fourth-order valence-electron chi connectivity index (χ4n) is 3.38. The fourth-order valence-corrected chi connectivity index (χ4v) is 4.04. The maximum absolute atomic E-state index is 14.7. The third-order valence-electron chi connectivity index (χ3n) is 5.09. The lowest BCUT2D eigenvalue weighted by atomic mass is 10.2. The molecule has 9 heteroatoms. The Morgan fingerprint density at radius 1 is 1.25 bits per heavy atom. The predicted octanol–water partition coefficient (Wildman–Crippen LogP) is 3.11. The molecule has 1 atom stereocenters. The summed E-state index contributed by atoms with van der Waals surface area (Å²) in [6.45, 7) is 0.709. The van der Waals surface area contributed by atoms with Crippen molar-refractivity contribution in [1.29, 1.82) is 0 Å². The van der Waals surface area contributed by atoms with Crippen molar-refractivity contribution >= 4 is 35.1 Å². The van der Waals surface area contributed by atoms with Crippen molar-refractivity contribution in [2.24, 2.45) is 5.92 Å². The summed E-state index contributed by atoms with van der Waals surface area (Å²) in [6, 6.07) is 2.28. The van der Waals surface area contributed by atoms with Gasteiger partial charge in [-0.25, -0.2) is 13.6 Å². The number of nitrogens with zero attached hydrogens (tertiary/aromatic N) is 2. The lowest BCUT2D eigenvalue weighted by molar-refractivity contribution is -0.122. The van der Waals surface area contributed by atoms with Crippen LogP contribution in [0.1, 0.15) is 12.8 Å². The van der Waals surface area contributed by atoms with Crippen molar-refractivity contribution in [3.63, 3.8) is 0 Å². The highest BCUT2D eigenvalue weighted by atomic mass is 32.2. The van der Waals surface area contributed by atoms with Crippen LogP contribution in [0.2, 0.25) is 0 Å². The molecule has 6 nitrogen and oxygen atoms in total. The lowest BCUT2D eigenvalue weighted by Crippen LogP contribution is -2.35. The summed E-state index contributed by atoms with van der Waals surface area (Å²) in [5.41, 5.74) is -0.0404. The third kappa shape index (κ3) is 3.23. The van der Waals surface area contributed by atoms with Gasteiger partial charge in [0.15, 0.2) is 11.6 Å². The van der Waals surface area contributed by atoms with Crippen LogP contribution in [0, 0.1) is 17.6 Å². The number of benzene rings is 1. The van der Waals surface area contributed by atoms with E-state index in [9.17, 15) is 18.4 Å². The first-order valence-corrected chi connectivity index (χ1v) is 9.93. The molecule has 3 fully saturated rings. The third-order valence-corrected chi connectivity index (χ3v) is 6.04. The number of halogens is 2. The van der Waals surface area contributed by atoms with E-state index in [1.54, 1.807) is 18.0 Å². The zero-order chi connectivity index (χ0) is 19.4. The summed E-state index contributed by atoms with van der Waals surface area (Å²) in [5, 5.41) is 2.75. The van der Waals surface area contributed by atoms with E-state index in [0.717, 1.165) is 34.8 Å². The molecule has 1 aromatic rings. The first-order valence-electron chi connectivity index (χ1n) is 9.11. The molecule has 1 aliphatic carbocycles. The van der Waals surface area contributed by atoms with E-state index < -0.39 is 23.8 Å². The SMILES string of the molecule is O=C(NCC1CN(c2cc(F)c(N3C=C4SC4=CC3)c(F)c2)C(=O)O1)C1CC1. The monoisotopic (exact) mass is 405 g/mol. The summed E-state index contributed by atoms with van der Waals surface area (Å²) in [4.78, 5) is 28.7. The molecule has 1 unspecified atom stereocenters. The van der Waals surface area contributed by atoms with Gasteiger partial charge < -0.3 is 15.0 Å². The molecule has 28 heavy (non-hydrogen) atoms.